The normalized spacial score (nSPS) is 11.2. The van der Waals surface area contributed by atoms with Gasteiger partial charge in [0.1, 0.15) is 11.5 Å². The van der Waals surface area contributed by atoms with Gasteiger partial charge in [-0.2, -0.15) is 0 Å². The highest BCUT2D eigenvalue weighted by Gasteiger charge is 2.13. The van der Waals surface area contributed by atoms with E-state index in [0.717, 1.165) is 0 Å². The number of carbonyl (C=O) groups excluding carboxylic acids is 4. The Balaban J connectivity index is 1.71. The molecule has 0 radical (unpaired) electrons. The highest BCUT2D eigenvalue weighted by Crippen LogP contribution is 2.15. The van der Waals surface area contributed by atoms with Crippen LogP contribution in [-0.2, 0) is 19.1 Å². The maximum atomic E-state index is 12.1. The van der Waals surface area contributed by atoms with Crippen LogP contribution in [-0.4, -0.2) is 37.1 Å². The van der Waals surface area contributed by atoms with Gasteiger partial charge >= 0.3 is 23.9 Å². The molecule has 8 nitrogen and oxygen atoms in total. The zero-order valence-electron chi connectivity index (χ0n) is 17.6. The van der Waals surface area contributed by atoms with Gasteiger partial charge < -0.3 is 18.9 Å². The van der Waals surface area contributed by atoms with E-state index in [1.54, 1.807) is 0 Å². The highest BCUT2D eigenvalue weighted by molar-refractivity contribution is 5.90. The molecule has 164 valence electrons. The minimum absolute atomic E-state index is 0.0246. The molecule has 0 heterocycles. The topological polar surface area (TPSA) is 105 Å². The molecule has 1 atom stereocenters. The Morgan fingerprint density at radius 2 is 1.13 bits per heavy atom. The van der Waals surface area contributed by atoms with Crippen LogP contribution in [0.25, 0.3) is 0 Å². The van der Waals surface area contributed by atoms with E-state index >= 15 is 0 Å². The molecule has 0 unspecified atom stereocenters. The summed E-state index contributed by atoms with van der Waals surface area (Å²) in [6.45, 7) is 4.79. The summed E-state index contributed by atoms with van der Waals surface area (Å²) in [4.78, 5) is 46.0. The van der Waals surface area contributed by atoms with Crippen molar-refractivity contribution in [2.45, 2.75) is 27.2 Å². The van der Waals surface area contributed by atoms with E-state index in [1.165, 1.54) is 62.4 Å². The van der Waals surface area contributed by atoms with Crippen molar-refractivity contribution in [1.82, 2.24) is 0 Å². The van der Waals surface area contributed by atoms with E-state index in [-0.39, 0.29) is 19.1 Å². The van der Waals surface area contributed by atoms with Crippen molar-refractivity contribution < 1.29 is 38.1 Å². The molecule has 2 rings (SSSR count). The first-order valence-electron chi connectivity index (χ1n) is 9.66. The van der Waals surface area contributed by atoms with Crippen LogP contribution >= 0.6 is 0 Å². The smallest absolute Gasteiger partial charge is 0.338 e. The third-order valence-corrected chi connectivity index (χ3v) is 4.05. The summed E-state index contributed by atoms with van der Waals surface area (Å²) in [5, 5.41) is 0. The molecule has 31 heavy (non-hydrogen) atoms. The van der Waals surface area contributed by atoms with E-state index in [4.69, 9.17) is 18.9 Å². The summed E-state index contributed by atoms with van der Waals surface area (Å²) in [5.41, 5.74) is 0.680. The Kier molecular flexibility index (Phi) is 8.75. The fourth-order valence-electron chi connectivity index (χ4n) is 2.47. The molecule has 0 bridgehead atoms. The molecule has 2 aromatic carbocycles. The van der Waals surface area contributed by atoms with Gasteiger partial charge in [-0.3, -0.25) is 9.59 Å². The second kappa shape index (κ2) is 11.5. The van der Waals surface area contributed by atoms with Gasteiger partial charge in [0.25, 0.3) is 0 Å². The SMILES string of the molecule is CC(=O)Oc1ccc(C(=O)OCC[C@H](C)COC(=O)c2ccc(OC(C)=O)cc2)cc1. The van der Waals surface area contributed by atoms with Crippen LogP contribution in [0.15, 0.2) is 48.5 Å². The van der Waals surface area contributed by atoms with Crippen molar-refractivity contribution in [2.75, 3.05) is 13.2 Å². The number of esters is 4. The number of carbonyl (C=O) groups is 4. The van der Waals surface area contributed by atoms with Crippen LogP contribution in [0.1, 0.15) is 47.9 Å². The van der Waals surface area contributed by atoms with Gasteiger partial charge in [0.15, 0.2) is 0 Å². The van der Waals surface area contributed by atoms with Crippen LogP contribution in [0.2, 0.25) is 0 Å². The Labute approximate surface area is 180 Å². The molecule has 0 N–H and O–H groups in total. The number of rotatable bonds is 9. The molecule has 0 aliphatic carbocycles. The number of hydrogen-bond acceptors (Lipinski definition) is 8. The highest BCUT2D eigenvalue weighted by atomic mass is 16.5. The van der Waals surface area contributed by atoms with Gasteiger partial charge in [0.2, 0.25) is 0 Å². The minimum atomic E-state index is -0.494. The number of benzene rings is 2. The van der Waals surface area contributed by atoms with Gasteiger partial charge in [-0.15, -0.1) is 0 Å². The summed E-state index contributed by atoms with van der Waals surface area (Å²) in [5.74, 6) is -1.20. The second-order valence-corrected chi connectivity index (χ2v) is 6.86. The Bertz CT molecular complexity index is 916. The molecule has 0 aliphatic heterocycles. The summed E-state index contributed by atoms with van der Waals surface area (Å²) < 4.78 is 20.3. The average Bonchev–Trinajstić information content (AvgIpc) is 2.72. The quantitative estimate of drug-likeness (QED) is 0.441. The van der Waals surface area contributed by atoms with E-state index in [9.17, 15) is 19.2 Å². The molecule has 8 heteroatoms. The lowest BCUT2D eigenvalue weighted by Gasteiger charge is -2.13. The van der Waals surface area contributed by atoms with Crippen molar-refractivity contribution in [2.24, 2.45) is 5.92 Å². The van der Waals surface area contributed by atoms with Crippen LogP contribution < -0.4 is 9.47 Å². The Morgan fingerprint density at radius 3 is 1.55 bits per heavy atom. The largest absolute Gasteiger partial charge is 0.462 e. The molecule has 0 aliphatic rings. The van der Waals surface area contributed by atoms with Gasteiger partial charge in [-0.05, 0) is 60.9 Å². The number of ether oxygens (including phenoxy) is 4. The zero-order valence-corrected chi connectivity index (χ0v) is 17.6. The second-order valence-electron chi connectivity index (χ2n) is 6.86. The Morgan fingerprint density at radius 1 is 0.710 bits per heavy atom. The van der Waals surface area contributed by atoms with Crippen molar-refractivity contribution in [3.05, 3.63) is 59.7 Å². The monoisotopic (exact) mass is 428 g/mol. The molecule has 0 saturated heterocycles. The van der Waals surface area contributed by atoms with Crippen LogP contribution in [0.5, 0.6) is 11.5 Å². The van der Waals surface area contributed by atoms with Crippen LogP contribution in [0, 0.1) is 5.92 Å². The van der Waals surface area contributed by atoms with Gasteiger partial charge in [0.05, 0.1) is 24.3 Å². The Hall–Kier alpha value is -3.68. The molecule has 0 spiro atoms. The fourth-order valence-corrected chi connectivity index (χ4v) is 2.47. The predicted octanol–water partition coefficient (Wildman–Crippen LogP) is 3.58. The van der Waals surface area contributed by atoms with Crippen molar-refractivity contribution >= 4 is 23.9 Å². The summed E-state index contributed by atoms with van der Waals surface area (Å²) in [6, 6.07) is 12.1. The predicted molar refractivity (Wildman–Crippen MR) is 110 cm³/mol. The molecule has 0 fully saturated rings. The van der Waals surface area contributed by atoms with Crippen molar-refractivity contribution in [1.29, 1.82) is 0 Å². The fraction of sp³-hybridized carbons (Fsp3) is 0.304. The van der Waals surface area contributed by atoms with E-state index in [0.29, 0.717) is 29.0 Å². The van der Waals surface area contributed by atoms with Gasteiger partial charge in [-0.25, -0.2) is 9.59 Å². The molecule has 2 aromatic rings. The molecular weight excluding hydrogens is 404 g/mol. The first-order valence-corrected chi connectivity index (χ1v) is 9.66. The average molecular weight is 428 g/mol. The molecule has 0 saturated carbocycles. The lowest BCUT2D eigenvalue weighted by atomic mass is 10.1. The molecule has 0 aromatic heterocycles. The van der Waals surface area contributed by atoms with Crippen LogP contribution in [0.4, 0.5) is 0 Å². The first kappa shape index (κ1) is 23.6. The van der Waals surface area contributed by atoms with Crippen molar-refractivity contribution in [3.63, 3.8) is 0 Å². The zero-order chi connectivity index (χ0) is 22.8. The van der Waals surface area contributed by atoms with E-state index < -0.39 is 23.9 Å². The van der Waals surface area contributed by atoms with Crippen molar-refractivity contribution in [3.8, 4) is 11.5 Å². The maximum absolute atomic E-state index is 12.1. The lowest BCUT2D eigenvalue weighted by molar-refractivity contribution is -0.132. The first-order chi connectivity index (χ1) is 14.7. The molecule has 0 amide bonds. The van der Waals surface area contributed by atoms with Crippen LogP contribution in [0.3, 0.4) is 0 Å². The van der Waals surface area contributed by atoms with E-state index in [2.05, 4.69) is 0 Å². The molecular formula is C23H24O8. The number of hydrogen-bond donors (Lipinski definition) is 0. The van der Waals surface area contributed by atoms with Gasteiger partial charge in [0, 0.05) is 13.8 Å². The summed E-state index contributed by atoms with van der Waals surface area (Å²) >= 11 is 0. The standard InChI is InChI=1S/C23H24O8/c1-15(14-29-23(27)19-6-10-21(11-7-19)31-17(3)25)12-13-28-22(26)18-4-8-20(9-5-18)30-16(2)24/h4-11,15H,12-14H2,1-3H3/t15-/m0/s1. The maximum Gasteiger partial charge on any atom is 0.338 e. The van der Waals surface area contributed by atoms with Gasteiger partial charge in [-0.1, -0.05) is 6.92 Å². The summed E-state index contributed by atoms with van der Waals surface area (Å²) in [7, 11) is 0. The summed E-state index contributed by atoms with van der Waals surface area (Å²) in [6.07, 6.45) is 0.510. The minimum Gasteiger partial charge on any atom is -0.462 e. The van der Waals surface area contributed by atoms with E-state index in [1.807, 2.05) is 6.92 Å². The lowest BCUT2D eigenvalue weighted by Crippen LogP contribution is -2.15. The third kappa shape index (κ3) is 8.30. The third-order valence-electron chi connectivity index (χ3n) is 4.05.